The Hall–Kier alpha value is -3.22. The van der Waals surface area contributed by atoms with E-state index in [-0.39, 0.29) is 24.8 Å². The zero-order valence-electron chi connectivity index (χ0n) is 18.7. The van der Waals surface area contributed by atoms with Gasteiger partial charge in [0.05, 0.1) is 18.4 Å². The lowest BCUT2D eigenvalue weighted by molar-refractivity contribution is -0.160. The lowest BCUT2D eigenvalue weighted by atomic mass is 9.78. The number of carboxylic acids is 2. The lowest BCUT2D eigenvalue weighted by Crippen LogP contribution is -2.71. The van der Waals surface area contributed by atoms with Crippen LogP contribution >= 0.6 is 0 Å². The molecule has 0 radical (unpaired) electrons. The molecule has 0 bridgehead atoms. The van der Waals surface area contributed by atoms with Gasteiger partial charge in [-0.3, -0.25) is 24.6 Å². The molecule has 2 aliphatic heterocycles. The Morgan fingerprint density at radius 1 is 1.15 bits per heavy atom. The Labute approximate surface area is 190 Å². The molecule has 0 saturated carbocycles. The summed E-state index contributed by atoms with van der Waals surface area (Å²) in [4.78, 5) is 65.0. The third-order valence-corrected chi connectivity index (χ3v) is 6.36. The SMILES string of the molecule is CC(C)[C@](NC(=O)C1CCN1C(=O)C1CCCN(C(=N)N)C1)(C(=O)O)C(=O)[C@@H](N)CC(=O)O. The zero-order chi connectivity index (χ0) is 25.1. The third-order valence-electron chi connectivity index (χ3n) is 6.36. The summed E-state index contributed by atoms with van der Waals surface area (Å²) in [7, 11) is 0. The van der Waals surface area contributed by atoms with Gasteiger partial charge in [0.15, 0.2) is 11.7 Å². The molecule has 0 aliphatic carbocycles. The summed E-state index contributed by atoms with van der Waals surface area (Å²) >= 11 is 0. The highest BCUT2D eigenvalue weighted by Gasteiger charge is 2.54. The molecule has 2 unspecified atom stereocenters. The highest BCUT2D eigenvalue weighted by atomic mass is 16.4. The van der Waals surface area contributed by atoms with Crippen LogP contribution < -0.4 is 16.8 Å². The van der Waals surface area contributed by atoms with E-state index in [4.69, 9.17) is 22.0 Å². The van der Waals surface area contributed by atoms with E-state index in [2.05, 4.69) is 5.32 Å². The van der Waals surface area contributed by atoms with Crippen LogP contribution in [0.15, 0.2) is 0 Å². The highest BCUT2D eigenvalue weighted by Crippen LogP contribution is 2.28. The van der Waals surface area contributed by atoms with Crippen molar-refractivity contribution in [2.24, 2.45) is 23.3 Å². The number of amides is 2. The summed E-state index contributed by atoms with van der Waals surface area (Å²) in [5, 5.41) is 28.7. The monoisotopic (exact) mass is 468 g/mol. The van der Waals surface area contributed by atoms with Gasteiger partial charge in [-0.2, -0.15) is 0 Å². The number of nitrogens with one attached hydrogen (secondary N) is 2. The van der Waals surface area contributed by atoms with Crippen LogP contribution in [0.1, 0.15) is 39.5 Å². The van der Waals surface area contributed by atoms with E-state index in [0.717, 1.165) is 0 Å². The molecule has 2 amide bonds. The van der Waals surface area contributed by atoms with Crippen LogP contribution in [0.2, 0.25) is 0 Å². The Bertz CT molecular complexity index is 847. The van der Waals surface area contributed by atoms with Gasteiger partial charge in [-0.25, -0.2) is 4.79 Å². The van der Waals surface area contributed by atoms with Crippen LogP contribution in [0.3, 0.4) is 0 Å². The molecule has 0 aromatic carbocycles. The normalized spacial score (nSPS) is 23.2. The predicted molar refractivity (Wildman–Crippen MR) is 115 cm³/mol. The molecular weight excluding hydrogens is 436 g/mol. The molecule has 13 heteroatoms. The molecule has 33 heavy (non-hydrogen) atoms. The first-order valence-corrected chi connectivity index (χ1v) is 10.8. The summed E-state index contributed by atoms with van der Waals surface area (Å²) < 4.78 is 0. The molecule has 13 nitrogen and oxygen atoms in total. The Morgan fingerprint density at radius 2 is 1.79 bits per heavy atom. The maximum Gasteiger partial charge on any atom is 0.337 e. The number of hydrogen-bond acceptors (Lipinski definition) is 7. The molecule has 2 saturated heterocycles. The number of rotatable bonds is 9. The van der Waals surface area contributed by atoms with Gasteiger partial charge in [-0.15, -0.1) is 0 Å². The van der Waals surface area contributed by atoms with Crippen LogP contribution in [-0.2, 0) is 24.0 Å². The Kier molecular flexibility index (Phi) is 8.01. The number of aliphatic carboxylic acids is 2. The van der Waals surface area contributed by atoms with E-state index >= 15 is 0 Å². The summed E-state index contributed by atoms with van der Waals surface area (Å²) in [6.07, 6.45) is 0.718. The van der Waals surface area contributed by atoms with Crippen molar-refractivity contribution in [3.05, 3.63) is 0 Å². The van der Waals surface area contributed by atoms with E-state index < -0.39 is 59.5 Å². The number of carboxylic acid groups (broad SMARTS) is 2. The van der Waals surface area contributed by atoms with E-state index in [1.54, 1.807) is 4.90 Å². The van der Waals surface area contributed by atoms with Crippen molar-refractivity contribution >= 4 is 35.5 Å². The molecular formula is C20H32N6O7. The number of hydrogen-bond donors (Lipinski definition) is 6. The molecule has 2 fully saturated rings. The smallest absolute Gasteiger partial charge is 0.337 e. The fourth-order valence-corrected chi connectivity index (χ4v) is 4.30. The average Bonchev–Trinajstić information content (AvgIpc) is 2.69. The number of ketones is 1. The van der Waals surface area contributed by atoms with Crippen LogP contribution in [0, 0.1) is 17.2 Å². The second-order valence-corrected chi connectivity index (χ2v) is 8.83. The minimum atomic E-state index is -2.44. The minimum absolute atomic E-state index is 0.134. The van der Waals surface area contributed by atoms with Crippen molar-refractivity contribution in [2.45, 2.75) is 57.2 Å². The number of guanidine groups is 1. The highest BCUT2D eigenvalue weighted by molar-refractivity contribution is 6.13. The molecule has 2 heterocycles. The molecule has 8 N–H and O–H groups in total. The zero-order valence-corrected chi connectivity index (χ0v) is 18.7. The van der Waals surface area contributed by atoms with Crippen LogP contribution in [0.4, 0.5) is 0 Å². The molecule has 0 spiro atoms. The lowest BCUT2D eigenvalue weighted by Gasteiger charge is -2.45. The topological polar surface area (TPSA) is 220 Å². The van der Waals surface area contributed by atoms with Crippen molar-refractivity contribution in [3.8, 4) is 0 Å². The van der Waals surface area contributed by atoms with Crippen LogP contribution in [0.25, 0.3) is 0 Å². The number of nitrogens with zero attached hydrogens (tertiary/aromatic N) is 2. The molecule has 184 valence electrons. The van der Waals surface area contributed by atoms with Gasteiger partial charge < -0.3 is 36.8 Å². The van der Waals surface area contributed by atoms with Crippen molar-refractivity contribution in [3.63, 3.8) is 0 Å². The van der Waals surface area contributed by atoms with Crippen LogP contribution in [-0.4, -0.2) is 92.8 Å². The largest absolute Gasteiger partial charge is 0.481 e. The summed E-state index contributed by atoms with van der Waals surface area (Å²) in [6, 6.07) is -2.61. The second-order valence-electron chi connectivity index (χ2n) is 8.83. The van der Waals surface area contributed by atoms with E-state index in [1.807, 2.05) is 0 Å². The first-order chi connectivity index (χ1) is 15.3. The molecule has 2 rings (SSSR count). The summed E-state index contributed by atoms with van der Waals surface area (Å²) in [5.74, 6) is -6.82. The first-order valence-electron chi connectivity index (χ1n) is 10.8. The molecule has 2 aliphatic rings. The summed E-state index contributed by atoms with van der Waals surface area (Å²) in [5.41, 5.74) is 8.73. The first kappa shape index (κ1) is 26.0. The maximum absolute atomic E-state index is 13.0. The average molecular weight is 469 g/mol. The number of carbonyl (C=O) groups excluding carboxylic acids is 3. The van der Waals surface area contributed by atoms with Crippen molar-refractivity contribution in [1.29, 1.82) is 5.41 Å². The predicted octanol–water partition coefficient (Wildman–Crippen LogP) is -1.84. The number of carbonyl (C=O) groups is 5. The molecule has 0 aromatic heterocycles. The van der Waals surface area contributed by atoms with Gasteiger partial charge in [-0.1, -0.05) is 13.8 Å². The van der Waals surface area contributed by atoms with Gasteiger partial charge in [0.25, 0.3) is 0 Å². The van der Waals surface area contributed by atoms with Crippen molar-refractivity contribution in [1.82, 2.24) is 15.1 Å². The fourth-order valence-electron chi connectivity index (χ4n) is 4.30. The van der Waals surface area contributed by atoms with Crippen molar-refractivity contribution < 1.29 is 34.2 Å². The van der Waals surface area contributed by atoms with E-state index in [9.17, 15) is 29.1 Å². The van der Waals surface area contributed by atoms with Gasteiger partial charge in [0.1, 0.15) is 6.04 Å². The Balaban J connectivity index is 2.19. The van der Waals surface area contributed by atoms with Gasteiger partial charge >= 0.3 is 11.9 Å². The van der Waals surface area contributed by atoms with Crippen molar-refractivity contribution in [2.75, 3.05) is 19.6 Å². The number of likely N-dealkylation sites (tertiary alicyclic amines) is 2. The molecule has 4 atom stereocenters. The quantitative estimate of drug-likeness (QED) is 0.126. The van der Waals surface area contributed by atoms with E-state index in [0.29, 0.717) is 25.9 Å². The third kappa shape index (κ3) is 5.24. The number of piperidine rings is 1. The van der Waals surface area contributed by atoms with Crippen LogP contribution in [0.5, 0.6) is 0 Å². The summed E-state index contributed by atoms with van der Waals surface area (Å²) in [6.45, 7) is 3.93. The standard InChI is InChI=1S/C20H32N6O7/c1-10(2)20(18(32)33,15(29)12(21)8-14(27)28)24-16(30)13-5-7-26(13)17(31)11-4-3-6-25(9-11)19(22)23/h10-13H,3-9,21H2,1-2H3,(H3,22,23)(H,24,30)(H,27,28)(H,32,33)/t11?,12-,13?,20+/m0/s1. The number of Topliss-reactive ketones (excluding diaryl/α,β-unsaturated/α-hetero) is 1. The second kappa shape index (κ2) is 10.1. The van der Waals surface area contributed by atoms with E-state index in [1.165, 1.54) is 18.7 Å². The van der Waals surface area contributed by atoms with Gasteiger partial charge in [0, 0.05) is 19.6 Å². The number of nitrogens with two attached hydrogens (primary N) is 2. The molecule has 0 aromatic rings. The maximum atomic E-state index is 13.0. The van der Waals surface area contributed by atoms with Gasteiger partial charge in [0.2, 0.25) is 17.4 Å². The minimum Gasteiger partial charge on any atom is -0.481 e. The fraction of sp³-hybridized carbons (Fsp3) is 0.700. The van der Waals surface area contributed by atoms with Gasteiger partial charge in [-0.05, 0) is 25.2 Å². The Morgan fingerprint density at radius 3 is 2.24 bits per heavy atom.